The molecular weight excluding hydrogens is 168 g/mol. The fourth-order valence-corrected chi connectivity index (χ4v) is 1.87. The van der Waals surface area contributed by atoms with Gasteiger partial charge < -0.3 is 14.2 Å². The van der Waals surface area contributed by atoms with Gasteiger partial charge in [0.1, 0.15) is 6.10 Å². The van der Waals surface area contributed by atoms with Gasteiger partial charge in [-0.3, -0.25) is 0 Å². The van der Waals surface area contributed by atoms with Gasteiger partial charge in [0, 0.05) is 6.42 Å². The van der Waals surface area contributed by atoms with Crippen LogP contribution < -0.4 is 0 Å². The summed E-state index contributed by atoms with van der Waals surface area (Å²) in [4.78, 5) is 0. The van der Waals surface area contributed by atoms with Crippen molar-refractivity contribution in [1.82, 2.24) is 0 Å². The lowest BCUT2D eigenvalue weighted by atomic mass is 10.2. The average molecular weight is 184 g/mol. The zero-order valence-corrected chi connectivity index (χ0v) is 8.32. The Morgan fingerprint density at radius 1 is 1.31 bits per heavy atom. The first-order valence-corrected chi connectivity index (χ1v) is 4.74. The van der Waals surface area contributed by atoms with E-state index in [1.807, 2.05) is 32.9 Å². The second kappa shape index (κ2) is 3.08. The predicted octanol–water partition coefficient (Wildman–Crippen LogP) is 1.83. The highest BCUT2D eigenvalue weighted by molar-refractivity contribution is 4.95. The van der Waals surface area contributed by atoms with Crippen molar-refractivity contribution < 1.29 is 14.2 Å². The Labute approximate surface area is 78.7 Å². The van der Waals surface area contributed by atoms with E-state index in [1.165, 1.54) is 0 Å². The quantitative estimate of drug-likeness (QED) is 0.582. The zero-order chi connectivity index (χ0) is 9.47. The first kappa shape index (κ1) is 9.19. The third-order valence-corrected chi connectivity index (χ3v) is 2.32. The third kappa shape index (κ3) is 1.77. The number of allylic oxidation sites excluding steroid dienone is 1. The monoisotopic (exact) mass is 184 g/mol. The van der Waals surface area contributed by atoms with E-state index in [9.17, 15) is 0 Å². The molecule has 0 radical (unpaired) electrons. The normalized spacial score (nSPS) is 42.8. The lowest BCUT2D eigenvalue weighted by Crippen LogP contribution is -2.24. The van der Waals surface area contributed by atoms with Gasteiger partial charge >= 0.3 is 0 Å². The highest BCUT2D eigenvalue weighted by atomic mass is 16.8. The van der Waals surface area contributed by atoms with Crippen LogP contribution in [0.15, 0.2) is 12.2 Å². The highest BCUT2D eigenvalue weighted by Gasteiger charge is 2.47. The summed E-state index contributed by atoms with van der Waals surface area (Å²) in [7, 11) is 0. The molecule has 2 aliphatic rings. The van der Waals surface area contributed by atoms with Gasteiger partial charge in [-0.15, -0.1) is 0 Å². The molecule has 2 fully saturated rings. The second-order valence-electron chi connectivity index (χ2n) is 3.98. The summed E-state index contributed by atoms with van der Waals surface area (Å²) in [5.74, 6) is -0.476. The van der Waals surface area contributed by atoms with E-state index in [4.69, 9.17) is 14.2 Å². The lowest BCUT2D eigenvalue weighted by molar-refractivity contribution is -0.200. The Morgan fingerprint density at radius 2 is 2.08 bits per heavy atom. The maximum absolute atomic E-state index is 5.67. The summed E-state index contributed by atoms with van der Waals surface area (Å²) in [6.07, 6.45) is 5.04. The van der Waals surface area contributed by atoms with Crippen LogP contribution in [0.3, 0.4) is 0 Å². The minimum atomic E-state index is -0.476. The van der Waals surface area contributed by atoms with Crippen LogP contribution in [-0.4, -0.2) is 24.3 Å². The van der Waals surface area contributed by atoms with Gasteiger partial charge in [-0.25, -0.2) is 0 Å². The van der Waals surface area contributed by atoms with Crippen LogP contribution >= 0.6 is 0 Å². The topological polar surface area (TPSA) is 27.7 Å². The predicted molar refractivity (Wildman–Crippen MR) is 48.1 cm³/mol. The van der Waals surface area contributed by atoms with Crippen LogP contribution in [0.5, 0.6) is 0 Å². The van der Waals surface area contributed by atoms with Crippen molar-refractivity contribution in [3.8, 4) is 0 Å². The maximum atomic E-state index is 5.67. The van der Waals surface area contributed by atoms with Crippen LogP contribution in [-0.2, 0) is 14.2 Å². The number of ether oxygens (including phenoxy) is 3. The molecule has 2 aliphatic heterocycles. The molecule has 2 saturated heterocycles. The van der Waals surface area contributed by atoms with Gasteiger partial charge in [0.2, 0.25) is 0 Å². The first-order valence-electron chi connectivity index (χ1n) is 4.74. The van der Waals surface area contributed by atoms with E-state index < -0.39 is 5.79 Å². The van der Waals surface area contributed by atoms with Gasteiger partial charge in [-0.2, -0.15) is 0 Å². The fraction of sp³-hybridized carbons (Fsp3) is 0.800. The molecule has 3 atom stereocenters. The van der Waals surface area contributed by atoms with E-state index in [0.29, 0.717) is 0 Å². The van der Waals surface area contributed by atoms with Crippen LogP contribution in [0.1, 0.15) is 27.2 Å². The van der Waals surface area contributed by atoms with Crippen molar-refractivity contribution in [3.05, 3.63) is 12.2 Å². The molecule has 0 spiro atoms. The van der Waals surface area contributed by atoms with E-state index in [1.54, 1.807) is 0 Å². The number of hydrogen-bond acceptors (Lipinski definition) is 3. The Hall–Kier alpha value is -0.380. The molecule has 0 aromatic carbocycles. The smallest absolute Gasteiger partial charge is 0.187 e. The molecule has 0 amide bonds. The van der Waals surface area contributed by atoms with Gasteiger partial charge in [-0.1, -0.05) is 12.2 Å². The van der Waals surface area contributed by atoms with Crippen LogP contribution in [0, 0.1) is 0 Å². The minimum absolute atomic E-state index is 0.108. The molecule has 2 rings (SSSR count). The minimum Gasteiger partial charge on any atom is -0.342 e. The average Bonchev–Trinajstić information content (AvgIpc) is 2.41. The molecule has 0 aliphatic carbocycles. The van der Waals surface area contributed by atoms with Gasteiger partial charge in [0.05, 0.1) is 6.10 Å². The van der Waals surface area contributed by atoms with Gasteiger partial charge in [0.15, 0.2) is 12.1 Å². The fourth-order valence-electron chi connectivity index (χ4n) is 1.87. The summed E-state index contributed by atoms with van der Waals surface area (Å²) < 4.78 is 16.9. The largest absolute Gasteiger partial charge is 0.342 e. The summed E-state index contributed by atoms with van der Waals surface area (Å²) in [6, 6.07) is 0. The Kier molecular flexibility index (Phi) is 2.18. The Balaban J connectivity index is 1.97. The maximum Gasteiger partial charge on any atom is 0.187 e. The van der Waals surface area contributed by atoms with E-state index >= 15 is 0 Å². The molecule has 3 heteroatoms. The molecule has 0 aromatic heterocycles. The lowest BCUT2D eigenvalue weighted by Gasteiger charge is -2.19. The van der Waals surface area contributed by atoms with Crippen molar-refractivity contribution in [2.24, 2.45) is 0 Å². The number of rotatable bonds is 1. The van der Waals surface area contributed by atoms with Crippen molar-refractivity contribution in [1.29, 1.82) is 0 Å². The molecule has 2 heterocycles. The number of fused-ring (bicyclic) bond motifs is 1. The first-order chi connectivity index (χ1) is 6.11. The third-order valence-electron chi connectivity index (χ3n) is 2.32. The standard InChI is InChI=1S/C10H16O3/c1-4-5-7-6-8-9(11-7)13-10(2,3)12-8/h4-5,7-9H,6H2,1-3H3/b5-4+/t7-,8-,9-/m1/s1. The van der Waals surface area contributed by atoms with E-state index in [-0.39, 0.29) is 18.5 Å². The SMILES string of the molecule is C/C=C/[C@@H]1C[C@H]2OC(C)(C)O[C@H]2O1. The highest BCUT2D eigenvalue weighted by Crippen LogP contribution is 2.37. The van der Waals surface area contributed by atoms with Crippen molar-refractivity contribution in [3.63, 3.8) is 0 Å². The van der Waals surface area contributed by atoms with E-state index in [0.717, 1.165) is 6.42 Å². The molecule has 0 aromatic rings. The summed E-state index contributed by atoms with van der Waals surface area (Å²) in [5, 5.41) is 0. The zero-order valence-electron chi connectivity index (χ0n) is 8.32. The molecule has 0 bridgehead atoms. The van der Waals surface area contributed by atoms with E-state index in [2.05, 4.69) is 0 Å². The molecule has 0 unspecified atom stereocenters. The summed E-state index contributed by atoms with van der Waals surface area (Å²) in [5.41, 5.74) is 0. The summed E-state index contributed by atoms with van der Waals surface area (Å²) >= 11 is 0. The molecule has 74 valence electrons. The van der Waals surface area contributed by atoms with Crippen molar-refractivity contribution in [2.75, 3.05) is 0 Å². The van der Waals surface area contributed by atoms with Crippen LogP contribution in [0.4, 0.5) is 0 Å². The molecule has 3 nitrogen and oxygen atoms in total. The molecule has 13 heavy (non-hydrogen) atoms. The van der Waals surface area contributed by atoms with Crippen LogP contribution in [0.2, 0.25) is 0 Å². The van der Waals surface area contributed by atoms with Crippen molar-refractivity contribution >= 4 is 0 Å². The molecule has 0 N–H and O–H groups in total. The Morgan fingerprint density at radius 3 is 2.69 bits per heavy atom. The van der Waals surface area contributed by atoms with Crippen molar-refractivity contribution in [2.45, 2.75) is 51.5 Å². The molecule has 0 saturated carbocycles. The van der Waals surface area contributed by atoms with Gasteiger partial charge in [-0.05, 0) is 20.8 Å². The van der Waals surface area contributed by atoms with Gasteiger partial charge in [0.25, 0.3) is 0 Å². The Bertz CT molecular complexity index is 206. The molecular formula is C10H16O3. The summed E-state index contributed by atoms with van der Waals surface area (Å²) in [6.45, 7) is 5.82. The number of hydrogen-bond donors (Lipinski definition) is 0. The second-order valence-corrected chi connectivity index (χ2v) is 3.98. The van der Waals surface area contributed by atoms with Crippen LogP contribution in [0.25, 0.3) is 0 Å².